The van der Waals surface area contributed by atoms with Crippen molar-refractivity contribution in [2.24, 2.45) is 0 Å². The molecule has 0 spiro atoms. The molecule has 0 bridgehead atoms. The molecular weight excluding hydrogens is 257 g/mol. The lowest BCUT2D eigenvalue weighted by Crippen LogP contribution is -2.48. The first-order valence-corrected chi connectivity index (χ1v) is 6.89. The summed E-state index contributed by atoms with van der Waals surface area (Å²) in [7, 11) is 1.85. The van der Waals surface area contributed by atoms with E-state index in [2.05, 4.69) is 10.6 Å². The van der Waals surface area contributed by atoms with Crippen molar-refractivity contribution in [3.8, 4) is 0 Å². The van der Waals surface area contributed by atoms with Crippen LogP contribution in [-0.2, 0) is 4.79 Å². The number of halogens is 3. The zero-order valence-corrected chi connectivity index (χ0v) is 11.4. The summed E-state index contributed by atoms with van der Waals surface area (Å²) in [5.74, 6) is -0.154. The third-order valence-corrected chi connectivity index (χ3v) is 3.80. The van der Waals surface area contributed by atoms with Gasteiger partial charge in [-0.2, -0.15) is 13.2 Å². The molecule has 1 amide bonds. The Hall–Kier alpha value is -0.780. The maximum atomic E-state index is 11.9. The molecule has 1 rings (SSSR count). The van der Waals surface area contributed by atoms with Crippen LogP contribution in [0.3, 0.4) is 0 Å². The maximum absolute atomic E-state index is 11.9. The zero-order chi connectivity index (χ0) is 14.4. The third-order valence-electron chi connectivity index (χ3n) is 3.80. The van der Waals surface area contributed by atoms with Gasteiger partial charge in [0.1, 0.15) is 0 Å². The molecule has 0 unspecified atom stereocenters. The van der Waals surface area contributed by atoms with E-state index in [1.165, 1.54) is 6.42 Å². The van der Waals surface area contributed by atoms with Crippen LogP contribution >= 0.6 is 0 Å². The second kappa shape index (κ2) is 7.12. The summed E-state index contributed by atoms with van der Waals surface area (Å²) in [6.45, 7) is 0.0954. The van der Waals surface area contributed by atoms with Crippen LogP contribution in [0.2, 0.25) is 0 Å². The molecule has 19 heavy (non-hydrogen) atoms. The molecule has 0 saturated heterocycles. The molecule has 1 saturated carbocycles. The number of hydrogen-bond acceptors (Lipinski definition) is 2. The van der Waals surface area contributed by atoms with Gasteiger partial charge in [0, 0.05) is 24.9 Å². The number of carbonyl (C=O) groups is 1. The van der Waals surface area contributed by atoms with E-state index in [4.69, 9.17) is 0 Å². The molecule has 3 nitrogen and oxygen atoms in total. The van der Waals surface area contributed by atoms with Gasteiger partial charge in [-0.25, -0.2) is 0 Å². The summed E-state index contributed by atoms with van der Waals surface area (Å²) >= 11 is 0. The first-order valence-electron chi connectivity index (χ1n) is 6.89. The molecule has 6 heteroatoms. The second-order valence-electron chi connectivity index (χ2n) is 5.34. The Labute approximate surface area is 112 Å². The zero-order valence-electron chi connectivity index (χ0n) is 11.4. The van der Waals surface area contributed by atoms with Crippen LogP contribution < -0.4 is 10.6 Å². The first-order chi connectivity index (χ1) is 8.87. The van der Waals surface area contributed by atoms with Crippen LogP contribution in [0, 0.1) is 0 Å². The minimum atomic E-state index is -4.14. The van der Waals surface area contributed by atoms with E-state index in [9.17, 15) is 18.0 Å². The monoisotopic (exact) mass is 280 g/mol. The van der Waals surface area contributed by atoms with Gasteiger partial charge in [0.2, 0.25) is 5.91 Å². The fourth-order valence-electron chi connectivity index (χ4n) is 2.63. The summed E-state index contributed by atoms with van der Waals surface area (Å²) in [4.78, 5) is 11.8. The van der Waals surface area contributed by atoms with Gasteiger partial charge < -0.3 is 10.6 Å². The SMILES string of the molecule is CNC1(CC(=O)NCCCC(F)(F)F)CCCCC1. The number of hydrogen-bond donors (Lipinski definition) is 2. The summed E-state index contributed by atoms with van der Waals surface area (Å²) in [6, 6.07) is 0. The van der Waals surface area contributed by atoms with Crippen molar-refractivity contribution in [3.63, 3.8) is 0 Å². The molecule has 0 aromatic rings. The average molecular weight is 280 g/mol. The summed E-state index contributed by atoms with van der Waals surface area (Å²) < 4.78 is 35.8. The number of carbonyl (C=O) groups excluding carboxylic acids is 1. The van der Waals surface area contributed by atoms with Gasteiger partial charge in [-0.15, -0.1) is 0 Å². The lowest BCUT2D eigenvalue weighted by Gasteiger charge is -2.36. The first kappa shape index (κ1) is 16.3. The van der Waals surface area contributed by atoms with Crippen molar-refractivity contribution in [1.82, 2.24) is 10.6 Å². The van der Waals surface area contributed by atoms with Crippen molar-refractivity contribution >= 4 is 5.91 Å². The van der Waals surface area contributed by atoms with Crippen LogP contribution in [-0.4, -0.2) is 31.2 Å². The number of amides is 1. The molecule has 0 aromatic heterocycles. The highest BCUT2D eigenvalue weighted by Crippen LogP contribution is 2.30. The quantitative estimate of drug-likeness (QED) is 0.735. The lowest BCUT2D eigenvalue weighted by molar-refractivity contribution is -0.136. The maximum Gasteiger partial charge on any atom is 0.389 e. The highest BCUT2D eigenvalue weighted by molar-refractivity contribution is 5.77. The van der Waals surface area contributed by atoms with E-state index in [1.54, 1.807) is 0 Å². The molecule has 0 aliphatic heterocycles. The van der Waals surface area contributed by atoms with Gasteiger partial charge in [0.25, 0.3) is 0 Å². The van der Waals surface area contributed by atoms with E-state index in [0.717, 1.165) is 25.7 Å². The Bertz CT molecular complexity index is 286. The fraction of sp³-hybridized carbons (Fsp3) is 0.923. The van der Waals surface area contributed by atoms with Gasteiger partial charge >= 0.3 is 6.18 Å². The molecule has 0 aromatic carbocycles. The topological polar surface area (TPSA) is 41.1 Å². The Morgan fingerprint density at radius 2 is 1.84 bits per heavy atom. The van der Waals surface area contributed by atoms with Crippen molar-refractivity contribution in [2.45, 2.75) is 63.1 Å². The molecule has 0 atom stereocenters. The van der Waals surface area contributed by atoms with Crippen LogP contribution in [0.5, 0.6) is 0 Å². The summed E-state index contributed by atoms with van der Waals surface area (Å²) in [5.41, 5.74) is -0.160. The summed E-state index contributed by atoms with van der Waals surface area (Å²) in [5, 5.41) is 5.80. The van der Waals surface area contributed by atoms with Crippen LogP contribution in [0.15, 0.2) is 0 Å². The standard InChI is InChI=1S/C13H23F3N2O/c1-17-12(6-3-2-4-7-12)10-11(19)18-9-5-8-13(14,15)16/h17H,2-10H2,1H3,(H,18,19). The molecule has 0 heterocycles. The molecule has 1 aliphatic carbocycles. The van der Waals surface area contributed by atoms with Crippen molar-refractivity contribution in [2.75, 3.05) is 13.6 Å². The van der Waals surface area contributed by atoms with Crippen LogP contribution in [0.25, 0.3) is 0 Å². The van der Waals surface area contributed by atoms with E-state index in [0.29, 0.717) is 6.42 Å². The van der Waals surface area contributed by atoms with Crippen LogP contribution in [0.4, 0.5) is 13.2 Å². The predicted molar refractivity (Wildman–Crippen MR) is 67.8 cm³/mol. The lowest BCUT2D eigenvalue weighted by atomic mass is 9.79. The Balaban J connectivity index is 2.26. The van der Waals surface area contributed by atoms with E-state index >= 15 is 0 Å². The fourth-order valence-corrected chi connectivity index (χ4v) is 2.63. The predicted octanol–water partition coefficient (Wildman–Crippen LogP) is 2.76. The third kappa shape index (κ3) is 6.27. The van der Waals surface area contributed by atoms with Gasteiger partial charge in [-0.05, 0) is 26.3 Å². The van der Waals surface area contributed by atoms with Gasteiger partial charge in [-0.3, -0.25) is 4.79 Å². The van der Waals surface area contributed by atoms with Crippen molar-refractivity contribution in [3.05, 3.63) is 0 Å². The average Bonchev–Trinajstić information content (AvgIpc) is 2.35. The summed E-state index contributed by atoms with van der Waals surface area (Å²) in [6.07, 6.45) is 0.627. The van der Waals surface area contributed by atoms with Gasteiger partial charge in [0.05, 0.1) is 0 Å². The molecular formula is C13H23F3N2O. The number of alkyl halides is 3. The molecule has 2 N–H and O–H groups in total. The largest absolute Gasteiger partial charge is 0.389 e. The number of nitrogens with one attached hydrogen (secondary N) is 2. The van der Waals surface area contributed by atoms with Gasteiger partial charge in [-0.1, -0.05) is 19.3 Å². The Morgan fingerprint density at radius 1 is 1.21 bits per heavy atom. The van der Waals surface area contributed by atoms with E-state index in [-0.39, 0.29) is 24.4 Å². The second-order valence-corrected chi connectivity index (χ2v) is 5.34. The molecule has 1 aliphatic rings. The van der Waals surface area contributed by atoms with E-state index in [1.807, 2.05) is 7.05 Å². The number of rotatable bonds is 6. The minimum absolute atomic E-state index is 0.0538. The van der Waals surface area contributed by atoms with Crippen molar-refractivity contribution in [1.29, 1.82) is 0 Å². The molecule has 0 radical (unpaired) electrons. The highest BCUT2D eigenvalue weighted by atomic mass is 19.4. The Morgan fingerprint density at radius 3 is 2.37 bits per heavy atom. The molecule has 112 valence electrons. The van der Waals surface area contributed by atoms with Gasteiger partial charge in [0.15, 0.2) is 0 Å². The van der Waals surface area contributed by atoms with E-state index < -0.39 is 12.6 Å². The minimum Gasteiger partial charge on any atom is -0.356 e. The van der Waals surface area contributed by atoms with Crippen molar-refractivity contribution < 1.29 is 18.0 Å². The van der Waals surface area contributed by atoms with Crippen LogP contribution in [0.1, 0.15) is 51.4 Å². The normalized spacial score (nSPS) is 19.2. The highest BCUT2D eigenvalue weighted by Gasteiger charge is 2.32. The smallest absolute Gasteiger partial charge is 0.356 e. The Kier molecular flexibility index (Phi) is 6.10. The molecule has 1 fully saturated rings.